The second-order valence-electron chi connectivity index (χ2n) is 7.50. The number of hydrogen-bond donors (Lipinski definition) is 0. The Kier molecular flexibility index (Phi) is 6.03. The number of ether oxygens (including phenoxy) is 3. The van der Waals surface area contributed by atoms with Crippen LogP contribution in [0.25, 0.3) is 6.08 Å². The second kappa shape index (κ2) is 9.06. The zero-order chi connectivity index (χ0) is 22.7. The van der Waals surface area contributed by atoms with Gasteiger partial charge in [-0.25, -0.2) is 4.79 Å². The molecule has 6 heteroatoms. The molecule has 0 atom stereocenters. The number of allylic oxidation sites excluding steroid dienone is 1. The van der Waals surface area contributed by atoms with E-state index in [1.54, 1.807) is 25.4 Å². The van der Waals surface area contributed by atoms with Crippen LogP contribution in [-0.2, 0) is 17.7 Å². The molecule has 3 aromatic rings. The number of methoxy groups -OCH3 is 3. The smallest absolute Gasteiger partial charge is 0.344 e. The summed E-state index contributed by atoms with van der Waals surface area (Å²) in [5, 5.41) is 0. The number of carbonyl (C=O) groups excluding carboxylic acids is 2. The van der Waals surface area contributed by atoms with E-state index in [9.17, 15) is 9.59 Å². The minimum atomic E-state index is -0.453. The van der Waals surface area contributed by atoms with Crippen LogP contribution in [0, 0.1) is 0 Å². The van der Waals surface area contributed by atoms with Crippen LogP contribution in [-0.4, -0.2) is 33.1 Å². The molecule has 0 saturated carbocycles. The van der Waals surface area contributed by atoms with Crippen molar-refractivity contribution in [1.82, 2.24) is 0 Å². The minimum Gasteiger partial charge on any atom is -0.493 e. The highest BCUT2D eigenvalue weighted by Crippen LogP contribution is 2.37. The molecule has 0 spiro atoms. The molecule has 32 heavy (non-hydrogen) atoms. The molecule has 0 amide bonds. The van der Waals surface area contributed by atoms with E-state index in [2.05, 4.69) is 0 Å². The van der Waals surface area contributed by atoms with Gasteiger partial charge in [0, 0.05) is 34.8 Å². The van der Waals surface area contributed by atoms with E-state index in [0.29, 0.717) is 46.7 Å². The maximum absolute atomic E-state index is 13.0. The molecule has 4 rings (SSSR count). The standard InChI is InChI=1S/C26H24NO5/c1-30-23-13-19-12-20(25(28)21(19)14-24(23)31-2)11-18-9-10-27(16-22(18)26(29)32-3)15-17-7-5-4-6-8-17/h4-11,13-14,16H,12,15H2,1-3H3/q+1/b20-11+. The average Bonchev–Trinajstić information content (AvgIpc) is 3.13. The van der Waals surface area contributed by atoms with Crippen LogP contribution in [0.1, 0.15) is 37.4 Å². The fourth-order valence-corrected chi connectivity index (χ4v) is 3.89. The number of ketones is 1. The van der Waals surface area contributed by atoms with Crippen molar-refractivity contribution in [2.45, 2.75) is 13.0 Å². The molecule has 0 N–H and O–H groups in total. The highest BCUT2D eigenvalue weighted by Gasteiger charge is 2.28. The second-order valence-corrected chi connectivity index (χ2v) is 7.50. The number of benzene rings is 2. The summed E-state index contributed by atoms with van der Waals surface area (Å²) in [7, 11) is 4.45. The molecule has 0 radical (unpaired) electrons. The van der Waals surface area contributed by atoms with Crippen LogP contribution in [0.4, 0.5) is 0 Å². The Morgan fingerprint density at radius 3 is 2.44 bits per heavy atom. The summed E-state index contributed by atoms with van der Waals surface area (Å²) in [6.45, 7) is 0.617. The van der Waals surface area contributed by atoms with Gasteiger partial charge < -0.3 is 14.2 Å². The van der Waals surface area contributed by atoms with Crippen molar-refractivity contribution in [3.8, 4) is 11.5 Å². The Morgan fingerprint density at radius 1 is 1.03 bits per heavy atom. The van der Waals surface area contributed by atoms with Gasteiger partial charge in [0.05, 0.1) is 21.3 Å². The van der Waals surface area contributed by atoms with E-state index < -0.39 is 5.97 Å². The lowest BCUT2D eigenvalue weighted by molar-refractivity contribution is -0.688. The quantitative estimate of drug-likeness (QED) is 0.339. The van der Waals surface area contributed by atoms with Gasteiger partial charge in [0.15, 0.2) is 36.2 Å². The van der Waals surface area contributed by atoms with E-state index >= 15 is 0 Å². The van der Waals surface area contributed by atoms with Crippen molar-refractivity contribution in [2.24, 2.45) is 0 Å². The molecule has 0 aliphatic heterocycles. The topological polar surface area (TPSA) is 65.7 Å². The van der Waals surface area contributed by atoms with Crippen LogP contribution in [0.5, 0.6) is 11.5 Å². The van der Waals surface area contributed by atoms with Crippen LogP contribution >= 0.6 is 0 Å². The average molecular weight is 430 g/mol. The maximum atomic E-state index is 13.0. The zero-order valence-corrected chi connectivity index (χ0v) is 18.3. The highest BCUT2D eigenvalue weighted by atomic mass is 16.5. The van der Waals surface area contributed by atoms with E-state index in [-0.39, 0.29) is 5.78 Å². The van der Waals surface area contributed by atoms with Gasteiger partial charge in [-0.1, -0.05) is 30.3 Å². The molecule has 1 aliphatic carbocycles. The molecule has 6 nitrogen and oxygen atoms in total. The summed E-state index contributed by atoms with van der Waals surface area (Å²) in [6.07, 6.45) is 5.86. The fourth-order valence-electron chi connectivity index (χ4n) is 3.89. The molecule has 1 heterocycles. The lowest BCUT2D eigenvalue weighted by Crippen LogP contribution is -2.35. The summed E-state index contributed by atoms with van der Waals surface area (Å²) in [4.78, 5) is 25.5. The summed E-state index contributed by atoms with van der Waals surface area (Å²) in [5.41, 5.74) is 4.20. The molecule has 0 saturated heterocycles. The number of pyridine rings is 1. The molecule has 2 aromatic carbocycles. The predicted molar refractivity (Wildman–Crippen MR) is 119 cm³/mol. The summed E-state index contributed by atoms with van der Waals surface area (Å²) >= 11 is 0. The molecule has 162 valence electrons. The highest BCUT2D eigenvalue weighted by molar-refractivity contribution is 6.16. The first-order chi connectivity index (χ1) is 15.5. The Hall–Kier alpha value is -3.93. The Balaban J connectivity index is 1.69. The number of Topliss-reactive ketones (excluding diaryl/α,β-unsaturated/α-hetero) is 1. The first-order valence-electron chi connectivity index (χ1n) is 10.2. The van der Waals surface area contributed by atoms with Gasteiger partial charge >= 0.3 is 5.97 Å². The number of fused-ring (bicyclic) bond motifs is 1. The lowest BCUT2D eigenvalue weighted by atomic mass is 10.0. The first kappa shape index (κ1) is 21.3. The van der Waals surface area contributed by atoms with Gasteiger partial charge in [0.2, 0.25) is 0 Å². The number of aromatic nitrogens is 1. The van der Waals surface area contributed by atoms with Crippen molar-refractivity contribution in [3.05, 3.63) is 94.3 Å². The number of nitrogens with zero attached hydrogens (tertiary/aromatic N) is 1. The number of rotatable bonds is 6. The third kappa shape index (κ3) is 4.12. The predicted octanol–water partition coefficient (Wildman–Crippen LogP) is 3.65. The Labute approximate surface area is 186 Å². The summed E-state index contributed by atoms with van der Waals surface area (Å²) in [6, 6.07) is 15.3. The Bertz CT molecular complexity index is 1210. The van der Waals surface area contributed by atoms with Gasteiger partial charge in [-0.05, 0) is 23.8 Å². The number of carbonyl (C=O) groups is 2. The number of hydrogen-bond acceptors (Lipinski definition) is 5. The van der Waals surface area contributed by atoms with Crippen LogP contribution < -0.4 is 14.0 Å². The van der Waals surface area contributed by atoms with Crippen molar-refractivity contribution >= 4 is 17.8 Å². The first-order valence-corrected chi connectivity index (χ1v) is 10.2. The van der Waals surface area contributed by atoms with Crippen molar-refractivity contribution in [1.29, 1.82) is 0 Å². The number of esters is 1. The van der Waals surface area contributed by atoms with Crippen LogP contribution in [0.3, 0.4) is 0 Å². The molecule has 0 fully saturated rings. The van der Waals surface area contributed by atoms with Gasteiger partial charge in [-0.2, -0.15) is 4.57 Å². The minimum absolute atomic E-state index is 0.0854. The van der Waals surface area contributed by atoms with Crippen LogP contribution in [0.2, 0.25) is 0 Å². The van der Waals surface area contributed by atoms with Gasteiger partial charge in [-0.3, -0.25) is 4.79 Å². The van der Waals surface area contributed by atoms with Gasteiger partial charge in [-0.15, -0.1) is 0 Å². The van der Waals surface area contributed by atoms with Crippen molar-refractivity contribution < 1.29 is 28.4 Å². The fraction of sp³-hybridized carbons (Fsp3) is 0.192. The zero-order valence-electron chi connectivity index (χ0n) is 18.3. The SMILES string of the molecule is COC(=O)c1c[n+](Cc2ccccc2)ccc1/C=C1\Cc2cc(OC)c(OC)cc2C1=O. The maximum Gasteiger partial charge on any atom is 0.344 e. The molecule has 1 aliphatic rings. The largest absolute Gasteiger partial charge is 0.493 e. The summed E-state index contributed by atoms with van der Waals surface area (Å²) in [5.74, 6) is 0.554. The van der Waals surface area contributed by atoms with Gasteiger partial charge in [0.1, 0.15) is 5.56 Å². The van der Waals surface area contributed by atoms with Crippen molar-refractivity contribution in [3.63, 3.8) is 0 Å². The van der Waals surface area contributed by atoms with Crippen LogP contribution in [0.15, 0.2) is 66.5 Å². The molecular formula is C26H24NO5+. The van der Waals surface area contributed by atoms with Gasteiger partial charge in [0.25, 0.3) is 0 Å². The molecular weight excluding hydrogens is 406 g/mol. The third-order valence-corrected chi connectivity index (χ3v) is 5.52. The lowest BCUT2D eigenvalue weighted by Gasteiger charge is -2.08. The van der Waals surface area contributed by atoms with Crippen molar-refractivity contribution in [2.75, 3.05) is 21.3 Å². The monoisotopic (exact) mass is 430 g/mol. The molecule has 0 bridgehead atoms. The van der Waals surface area contributed by atoms with E-state index in [0.717, 1.165) is 11.1 Å². The molecule has 1 aromatic heterocycles. The third-order valence-electron chi connectivity index (χ3n) is 5.52. The van der Waals surface area contributed by atoms with E-state index in [1.807, 2.05) is 53.2 Å². The normalized spacial score (nSPS) is 13.7. The summed E-state index contributed by atoms with van der Waals surface area (Å²) < 4.78 is 17.6. The Morgan fingerprint density at radius 2 is 1.75 bits per heavy atom. The van der Waals surface area contributed by atoms with E-state index in [1.165, 1.54) is 14.2 Å². The van der Waals surface area contributed by atoms with E-state index in [4.69, 9.17) is 14.2 Å². The molecule has 0 unspecified atom stereocenters.